The second-order valence-electron chi connectivity index (χ2n) is 5.77. The highest BCUT2D eigenvalue weighted by Crippen LogP contribution is 2.14. The molecule has 0 aliphatic rings. The first-order chi connectivity index (χ1) is 11.1. The molecule has 2 N–H and O–H groups in total. The lowest BCUT2D eigenvalue weighted by Crippen LogP contribution is -2.38. The van der Waals surface area contributed by atoms with Crippen LogP contribution >= 0.6 is 24.0 Å². The summed E-state index contributed by atoms with van der Waals surface area (Å²) in [6.07, 6.45) is 4.81. The SMILES string of the molecule is CCNC(=NCc1cc(C(C)C)no1)NCCc1cnn(C)c1.I. The molecule has 0 radical (unpaired) electrons. The molecule has 24 heavy (non-hydrogen) atoms. The Bertz CT molecular complexity index is 634. The zero-order valence-corrected chi connectivity index (χ0v) is 17.1. The number of aryl methyl sites for hydroxylation is 1. The zero-order valence-electron chi connectivity index (χ0n) is 14.7. The number of rotatable bonds is 7. The average Bonchev–Trinajstić information content (AvgIpc) is 3.14. The number of guanidine groups is 1. The van der Waals surface area contributed by atoms with E-state index in [9.17, 15) is 0 Å². The van der Waals surface area contributed by atoms with E-state index in [1.807, 2.05) is 37.1 Å². The first-order valence-electron chi connectivity index (χ1n) is 8.03. The Morgan fingerprint density at radius 2 is 2.17 bits per heavy atom. The summed E-state index contributed by atoms with van der Waals surface area (Å²) in [4.78, 5) is 4.53. The van der Waals surface area contributed by atoms with Crippen LogP contribution in [-0.4, -0.2) is 34.0 Å². The quantitative estimate of drug-likeness (QED) is 0.388. The van der Waals surface area contributed by atoms with Crippen molar-refractivity contribution in [2.75, 3.05) is 13.1 Å². The predicted molar refractivity (Wildman–Crippen MR) is 106 cm³/mol. The van der Waals surface area contributed by atoms with E-state index in [1.165, 1.54) is 5.56 Å². The van der Waals surface area contributed by atoms with Gasteiger partial charge in [0.15, 0.2) is 11.7 Å². The molecule has 7 nitrogen and oxygen atoms in total. The number of aliphatic imine (C=N–C) groups is 1. The Balaban J connectivity index is 0.00000288. The van der Waals surface area contributed by atoms with Crippen molar-refractivity contribution in [3.8, 4) is 0 Å². The molecule has 134 valence electrons. The van der Waals surface area contributed by atoms with Gasteiger partial charge in [0, 0.05) is 32.4 Å². The number of hydrogen-bond acceptors (Lipinski definition) is 4. The highest BCUT2D eigenvalue weighted by atomic mass is 127. The van der Waals surface area contributed by atoms with E-state index in [4.69, 9.17) is 4.52 Å². The van der Waals surface area contributed by atoms with Gasteiger partial charge >= 0.3 is 0 Å². The van der Waals surface area contributed by atoms with E-state index in [2.05, 4.69) is 39.7 Å². The molecule has 0 unspecified atom stereocenters. The summed E-state index contributed by atoms with van der Waals surface area (Å²) in [5.41, 5.74) is 2.16. The number of aromatic nitrogens is 3. The molecule has 0 bridgehead atoms. The van der Waals surface area contributed by atoms with Crippen LogP contribution in [-0.2, 0) is 20.0 Å². The summed E-state index contributed by atoms with van der Waals surface area (Å²) in [6.45, 7) is 8.31. The van der Waals surface area contributed by atoms with Crippen LogP contribution in [0.1, 0.15) is 43.7 Å². The average molecular weight is 446 g/mol. The predicted octanol–water partition coefficient (Wildman–Crippen LogP) is 2.45. The van der Waals surface area contributed by atoms with Gasteiger partial charge in [0.05, 0.1) is 11.9 Å². The largest absolute Gasteiger partial charge is 0.359 e. The van der Waals surface area contributed by atoms with Crippen LogP contribution in [0, 0.1) is 0 Å². The monoisotopic (exact) mass is 446 g/mol. The molecule has 0 aromatic carbocycles. The molecule has 0 aliphatic heterocycles. The molecule has 0 aliphatic carbocycles. The van der Waals surface area contributed by atoms with Gasteiger partial charge in [-0.3, -0.25) is 4.68 Å². The summed E-state index contributed by atoms with van der Waals surface area (Å²) < 4.78 is 7.12. The fourth-order valence-electron chi connectivity index (χ4n) is 2.10. The summed E-state index contributed by atoms with van der Waals surface area (Å²) in [5, 5.41) is 14.8. The van der Waals surface area contributed by atoms with Crippen LogP contribution in [0.25, 0.3) is 0 Å². The maximum absolute atomic E-state index is 5.31. The van der Waals surface area contributed by atoms with Gasteiger partial charge in [-0.15, -0.1) is 24.0 Å². The van der Waals surface area contributed by atoms with Crippen molar-refractivity contribution in [3.05, 3.63) is 35.5 Å². The van der Waals surface area contributed by atoms with Crippen LogP contribution in [0.3, 0.4) is 0 Å². The lowest BCUT2D eigenvalue weighted by Gasteiger charge is -2.10. The van der Waals surface area contributed by atoms with Crippen LogP contribution in [0.2, 0.25) is 0 Å². The van der Waals surface area contributed by atoms with E-state index in [0.29, 0.717) is 12.5 Å². The zero-order chi connectivity index (χ0) is 16.7. The van der Waals surface area contributed by atoms with Gasteiger partial charge in [0.2, 0.25) is 0 Å². The van der Waals surface area contributed by atoms with E-state index in [-0.39, 0.29) is 24.0 Å². The Kier molecular flexibility index (Phi) is 8.80. The molecule has 0 saturated carbocycles. The molecular formula is C16H27IN6O. The Morgan fingerprint density at radius 1 is 1.38 bits per heavy atom. The van der Waals surface area contributed by atoms with Crippen molar-refractivity contribution in [2.45, 2.75) is 39.7 Å². The summed E-state index contributed by atoms with van der Waals surface area (Å²) >= 11 is 0. The second kappa shape index (κ2) is 10.3. The van der Waals surface area contributed by atoms with Gasteiger partial charge < -0.3 is 15.2 Å². The highest BCUT2D eigenvalue weighted by Gasteiger charge is 2.07. The number of nitrogens with one attached hydrogen (secondary N) is 2. The number of hydrogen-bond donors (Lipinski definition) is 2. The first kappa shape index (κ1) is 20.5. The van der Waals surface area contributed by atoms with Gasteiger partial charge in [0.1, 0.15) is 6.54 Å². The molecule has 2 rings (SSSR count). The van der Waals surface area contributed by atoms with Crippen molar-refractivity contribution >= 4 is 29.9 Å². The third-order valence-electron chi connectivity index (χ3n) is 3.37. The fraction of sp³-hybridized carbons (Fsp3) is 0.562. The van der Waals surface area contributed by atoms with E-state index < -0.39 is 0 Å². The van der Waals surface area contributed by atoms with Crippen molar-refractivity contribution in [2.24, 2.45) is 12.0 Å². The molecule has 0 spiro atoms. The molecule has 0 saturated heterocycles. The van der Waals surface area contributed by atoms with Gasteiger partial charge in [-0.25, -0.2) is 4.99 Å². The van der Waals surface area contributed by atoms with Gasteiger partial charge in [0.25, 0.3) is 0 Å². The van der Waals surface area contributed by atoms with E-state index in [1.54, 1.807) is 0 Å². The van der Waals surface area contributed by atoms with E-state index >= 15 is 0 Å². The molecule has 0 atom stereocenters. The standard InChI is InChI=1S/C16H26N6O.HI/c1-5-17-16(18-7-6-13-9-20-22(4)11-13)19-10-14-8-15(12(2)3)21-23-14;/h8-9,11-12H,5-7,10H2,1-4H3,(H2,17,18,19);1H. The highest BCUT2D eigenvalue weighted by molar-refractivity contribution is 14.0. The minimum Gasteiger partial charge on any atom is -0.359 e. The maximum Gasteiger partial charge on any atom is 0.191 e. The molecule has 2 heterocycles. The normalized spacial score (nSPS) is 11.5. The lowest BCUT2D eigenvalue weighted by atomic mass is 10.1. The first-order valence-corrected chi connectivity index (χ1v) is 8.03. The summed E-state index contributed by atoms with van der Waals surface area (Å²) in [5.74, 6) is 1.92. The fourth-order valence-corrected chi connectivity index (χ4v) is 2.10. The van der Waals surface area contributed by atoms with Crippen LogP contribution in [0.15, 0.2) is 28.0 Å². The summed E-state index contributed by atoms with van der Waals surface area (Å²) in [6, 6.07) is 1.97. The van der Waals surface area contributed by atoms with Crippen molar-refractivity contribution in [1.29, 1.82) is 0 Å². The summed E-state index contributed by atoms with van der Waals surface area (Å²) in [7, 11) is 1.92. The number of halogens is 1. The lowest BCUT2D eigenvalue weighted by molar-refractivity contribution is 0.376. The molecule has 2 aromatic heterocycles. The molecule has 2 aromatic rings. The third-order valence-corrected chi connectivity index (χ3v) is 3.37. The minimum absolute atomic E-state index is 0. The van der Waals surface area contributed by atoms with Gasteiger partial charge in [-0.2, -0.15) is 5.10 Å². The molecule has 0 amide bonds. The minimum atomic E-state index is 0. The molecule has 8 heteroatoms. The maximum atomic E-state index is 5.31. The van der Waals surface area contributed by atoms with Crippen molar-refractivity contribution < 1.29 is 4.52 Å². The van der Waals surface area contributed by atoms with Crippen LogP contribution in [0.4, 0.5) is 0 Å². The van der Waals surface area contributed by atoms with Crippen molar-refractivity contribution in [3.63, 3.8) is 0 Å². The molecule has 0 fully saturated rings. The van der Waals surface area contributed by atoms with Crippen LogP contribution in [0.5, 0.6) is 0 Å². The Hall–Kier alpha value is -1.58. The van der Waals surface area contributed by atoms with Crippen molar-refractivity contribution in [1.82, 2.24) is 25.6 Å². The Morgan fingerprint density at radius 3 is 2.75 bits per heavy atom. The smallest absolute Gasteiger partial charge is 0.191 e. The third kappa shape index (κ3) is 6.50. The van der Waals surface area contributed by atoms with Crippen LogP contribution < -0.4 is 10.6 Å². The van der Waals surface area contributed by atoms with Gasteiger partial charge in [-0.05, 0) is 24.8 Å². The van der Waals surface area contributed by atoms with Gasteiger partial charge in [-0.1, -0.05) is 19.0 Å². The Labute approximate surface area is 160 Å². The topological polar surface area (TPSA) is 80.3 Å². The number of nitrogens with zero attached hydrogens (tertiary/aromatic N) is 4. The molecular weight excluding hydrogens is 419 g/mol. The van der Waals surface area contributed by atoms with E-state index in [0.717, 1.165) is 36.9 Å². The second-order valence-corrected chi connectivity index (χ2v) is 5.77.